The van der Waals surface area contributed by atoms with Gasteiger partial charge in [0.15, 0.2) is 5.79 Å². The number of rotatable bonds is 2. The fourth-order valence-corrected chi connectivity index (χ4v) is 6.71. The zero-order valence-electron chi connectivity index (χ0n) is 23.5. The second-order valence-corrected chi connectivity index (χ2v) is 11.9. The summed E-state index contributed by atoms with van der Waals surface area (Å²) in [6.45, 7) is 6.19. The van der Waals surface area contributed by atoms with E-state index < -0.39 is 41.6 Å². The minimum Gasteiger partial charge on any atom is -0.462 e. The van der Waals surface area contributed by atoms with E-state index in [1.807, 2.05) is 12.2 Å². The van der Waals surface area contributed by atoms with E-state index in [4.69, 9.17) is 18.9 Å². The van der Waals surface area contributed by atoms with Gasteiger partial charge in [0.2, 0.25) is 0 Å². The summed E-state index contributed by atoms with van der Waals surface area (Å²) in [5.74, 6) is -2.35. The van der Waals surface area contributed by atoms with Crippen LogP contribution in [0.3, 0.4) is 0 Å². The van der Waals surface area contributed by atoms with Gasteiger partial charge in [-0.2, -0.15) is 0 Å². The van der Waals surface area contributed by atoms with Gasteiger partial charge in [0.05, 0.1) is 18.8 Å². The Morgan fingerprint density at radius 2 is 1.95 bits per heavy atom. The van der Waals surface area contributed by atoms with Crippen molar-refractivity contribution in [1.29, 1.82) is 0 Å². The van der Waals surface area contributed by atoms with Crippen molar-refractivity contribution < 1.29 is 34.0 Å². The van der Waals surface area contributed by atoms with Crippen molar-refractivity contribution in [2.45, 2.75) is 120 Å². The van der Waals surface area contributed by atoms with Crippen LogP contribution in [0.5, 0.6) is 0 Å². The van der Waals surface area contributed by atoms with Gasteiger partial charge in [0.1, 0.15) is 29.8 Å². The highest BCUT2D eigenvalue weighted by Crippen LogP contribution is 2.46. The molecule has 39 heavy (non-hydrogen) atoms. The number of fused-ring (bicyclic) bond motifs is 2. The number of hydrogen-bond donors (Lipinski definition) is 2. The maximum atomic E-state index is 13.9. The lowest BCUT2D eigenvalue weighted by atomic mass is 9.71. The van der Waals surface area contributed by atoms with E-state index in [9.17, 15) is 15.0 Å². The molecule has 1 aliphatic carbocycles. The van der Waals surface area contributed by atoms with Crippen LogP contribution >= 0.6 is 0 Å². The van der Waals surface area contributed by atoms with Gasteiger partial charge < -0.3 is 29.2 Å². The van der Waals surface area contributed by atoms with Crippen LogP contribution in [0.2, 0.25) is 0 Å². The third kappa shape index (κ3) is 5.89. The number of aliphatic hydroxyl groups excluding tert-OH is 1. The first-order valence-electron chi connectivity index (χ1n) is 14.7. The van der Waals surface area contributed by atoms with Crippen molar-refractivity contribution in [2.75, 3.05) is 6.61 Å². The first kappa shape index (κ1) is 28.5. The Bertz CT molecular complexity index is 1070. The number of allylic oxidation sites excluding steroid dienone is 4. The molecule has 2 fully saturated rings. The zero-order valence-corrected chi connectivity index (χ0v) is 23.5. The smallest absolute Gasteiger partial charge is 0.316 e. The van der Waals surface area contributed by atoms with Crippen LogP contribution in [-0.2, 0) is 23.7 Å². The van der Waals surface area contributed by atoms with E-state index in [1.165, 1.54) is 5.57 Å². The fraction of sp³-hybridized carbons (Fsp3) is 0.656. The van der Waals surface area contributed by atoms with Gasteiger partial charge in [0, 0.05) is 19.3 Å². The lowest BCUT2D eigenvalue weighted by Crippen LogP contribution is -2.58. The molecule has 7 heteroatoms. The number of esters is 1. The summed E-state index contributed by atoms with van der Waals surface area (Å²) in [6.07, 6.45) is 18.4. The maximum absolute atomic E-state index is 13.9. The summed E-state index contributed by atoms with van der Waals surface area (Å²) >= 11 is 0. The Kier molecular flexibility index (Phi) is 8.65. The third-order valence-corrected chi connectivity index (χ3v) is 8.86. The van der Waals surface area contributed by atoms with Gasteiger partial charge in [-0.25, -0.2) is 0 Å². The minimum atomic E-state index is -1.68. The normalized spacial score (nSPS) is 44.7. The molecular weight excluding hydrogens is 496 g/mol. The van der Waals surface area contributed by atoms with Gasteiger partial charge in [-0.15, -0.1) is 0 Å². The van der Waals surface area contributed by atoms with Crippen LogP contribution in [0, 0.1) is 5.92 Å². The Morgan fingerprint density at radius 1 is 1.10 bits per heavy atom. The Balaban J connectivity index is 1.49. The first-order chi connectivity index (χ1) is 18.7. The Hall–Kier alpha value is -2.03. The topological polar surface area (TPSA) is 94.5 Å². The summed E-state index contributed by atoms with van der Waals surface area (Å²) in [6, 6.07) is 0. The van der Waals surface area contributed by atoms with Gasteiger partial charge in [-0.1, -0.05) is 61.4 Å². The average Bonchev–Trinajstić information content (AvgIpc) is 3.11. The quantitative estimate of drug-likeness (QED) is 0.377. The molecule has 2 N–H and O–H groups in total. The Labute approximate surface area is 232 Å². The van der Waals surface area contributed by atoms with Crippen LogP contribution in [0.1, 0.15) is 78.6 Å². The van der Waals surface area contributed by atoms with E-state index in [-0.39, 0.29) is 18.8 Å². The monoisotopic (exact) mass is 540 g/mol. The van der Waals surface area contributed by atoms with E-state index in [2.05, 4.69) is 38.2 Å². The third-order valence-electron chi connectivity index (χ3n) is 8.86. The highest BCUT2D eigenvalue weighted by atomic mass is 16.7. The standard InChI is InChI=1S/C32H44O7/c1-4-10-24-13-8-9-16-31(38-24)19-26-18-25(39-31)15-14-21(2)11-6-5-7-12-23-20-36-29-28(33)22(3)17-27(30(34)37-26)32(23,29)35/h5,7-9,12,14,17,24-29,33,35H,4,6,10-11,13,15-16,18-20H2,1-3H3/b7-5+,21-14+,23-12+/t24?,25?,26?,27?,28?,29-,31+,32-/m1/s1. The summed E-state index contributed by atoms with van der Waals surface area (Å²) in [4.78, 5) is 13.9. The minimum absolute atomic E-state index is 0.0565. The molecule has 2 bridgehead atoms. The fourth-order valence-electron chi connectivity index (χ4n) is 6.71. The number of carbonyl (C=O) groups excluding carboxylic acids is 1. The van der Waals surface area contributed by atoms with Crippen molar-refractivity contribution in [3.63, 3.8) is 0 Å². The molecule has 5 rings (SSSR count). The van der Waals surface area contributed by atoms with Crippen LogP contribution < -0.4 is 0 Å². The van der Waals surface area contributed by atoms with Crippen LogP contribution in [0.25, 0.3) is 0 Å². The summed E-state index contributed by atoms with van der Waals surface area (Å²) < 4.78 is 25.4. The van der Waals surface area contributed by atoms with Crippen molar-refractivity contribution in [1.82, 2.24) is 0 Å². The van der Waals surface area contributed by atoms with E-state index >= 15 is 0 Å². The number of aliphatic hydroxyl groups is 2. The zero-order chi connectivity index (χ0) is 27.6. The molecule has 5 aliphatic rings. The predicted octanol–water partition coefficient (Wildman–Crippen LogP) is 4.99. The molecule has 0 radical (unpaired) electrons. The van der Waals surface area contributed by atoms with E-state index in [0.29, 0.717) is 30.4 Å². The molecule has 4 heterocycles. The summed E-state index contributed by atoms with van der Waals surface area (Å²) in [7, 11) is 0. The van der Waals surface area contributed by atoms with Gasteiger partial charge in [-0.05, 0) is 57.1 Å². The van der Waals surface area contributed by atoms with Crippen molar-refractivity contribution in [3.05, 3.63) is 59.3 Å². The van der Waals surface area contributed by atoms with Crippen molar-refractivity contribution in [3.8, 4) is 0 Å². The van der Waals surface area contributed by atoms with Gasteiger partial charge in [-0.3, -0.25) is 4.79 Å². The number of ether oxygens (including phenoxy) is 4. The molecule has 0 saturated carbocycles. The molecule has 1 spiro atoms. The van der Waals surface area contributed by atoms with Crippen LogP contribution in [0.4, 0.5) is 0 Å². The van der Waals surface area contributed by atoms with E-state index in [1.54, 1.807) is 13.0 Å². The molecular formula is C32H44O7. The van der Waals surface area contributed by atoms with Gasteiger partial charge in [0.25, 0.3) is 0 Å². The molecule has 214 valence electrons. The number of carbonyl (C=O) groups is 1. The van der Waals surface area contributed by atoms with E-state index in [0.717, 1.165) is 38.5 Å². The number of hydrogen-bond acceptors (Lipinski definition) is 7. The molecule has 4 aliphatic heterocycles. The van der Waals surface area contributed by atoms with Crippen molar-refractivity contribution >= 4 is 5.97 Å². The first-order valence-corrected chi connectivity index (χ1v) is 14.7. The highest BCUT2D eigenvalue weighted by Gasteiger charge is 2.60. The molecule has 0 aromatic rings. The second-order valence-electron chi connectivity index (χ2n) is 11.9. The molecule has 0 amide bonds. The second kappa shape index (κ2) is 11.8. The maximum Gasteiger partial charge on any atom is 0.316 e. The lowest BCUT2D eigenvalue weighted by molar-refractivity contribution is -0.309. The van der Waals surface area contributed by atoms with Crippen molar-refractivity contribution in [2.24, 2.45) is 5.92 Å². The average molecular weight is 541 g/mol. The molecule has 0 aromatic carbocycles. The SMILES string of the molecule is CCCC1CC=CC[C@]2(CC3CC(C/C=C(\C)CC/C=C/C=C4\CO[C@@H]5C(O)C(C)=CC(C(=O)O3)[C@]45O)O2)O1. The van der Waals surface area contributed by atoms with Gasteiger partial charge >= 0.3 is 5.97 Å². The molecule has 2 saturated heterocycles. The lowest BCUT2D eigenvalue weighted by Gasteiger charge is -2.45. The summed E-state index contributed by atoms with van der Waals surface area (Å²) in [5.41, 5.74) is 0.775. The van der Waals surface area contributed by atoms with Crippen LogP contribution in [0.15, 0.2) is 59.3 Å². The molecule has 0 aromatic heterocycles. The molecule has 5 unspecified atom stereocenters. The largest absolute Gasteiger partial charge is 0.462 e. The molecule has 7 nitrogen and oxygen atoms in total. The van der Waals surface area contributed by atoms with Crippen LogP contribution in [-0.4, -0.2) is 64.7 Å². The highest BCUT2D eigenvalue weighted by molar-refractivity contribution is 5.78. The molecule has 8 atom stereocenters. The summed E-state index contributed by atoms with van der Waals surface area (Å²) in [5, 5.41) is 22.8. The predicted molar refractivity (Wildman–Crippen MR) is 148 cm³/mol. The Morgan fingerprint density at radius 3 is 2.77 bits per heavy atom.